The zero-order valence-corrected chi connectivity index (χ0v) is 19.9. The maximum atomic E-state index is 12.6. The van der Waals surface area contributed by atoms with Crippen molar-refractivity contribution in [2.75, 3.05) is 17.7 Å². The van der Waals surface area contributed by atoms with Crippen molar-refractivity contribution in [2.45, 2.75) is 39.3 Å². The average molecular weight is 459 g/mol. The highest BCUT2D eigenvalue weighted by molar-refractivity contribution is 7.99. The largest absolute Gasteiger partial charge is 0.462 e. The number of aryl methyl sites for hydroxylation is 2. The van der Waals surface area contributed by atoms with E-state index in [2.05, 4.69) is 15.5 Å². The summed E-state index contributed by atoms with van der Waals surface area (Å²) in [6, 6.07) is 8.04. The standard InChI is InChI=1S/C22H26N4O3S2/c1-6-16-14(4)18(21(28)29-7-2)20(31-16)23-17(27)12-30-22-25-24-19(26(22)5)15-10-8-9-13(3)11-15/h8-11H,6-7,12H2,1-5H3,(H,23,27). The molecule has 0 bridgehead atoms. The van der Waals surface area contributed by atoms with Crippen LogP contribution in [0.2, 0.25) is 0 Å². The molecule has 3 rings (SSSR count). The van der Waals surface area contributed by atoms with Crippen molar-refractivity contribution >= 4 is 40.0 Å². The molecular weight excluding hydrogens is 432 g/mol. The van der Waals surface area contributed by atoms with Crippen molar-refractivity contribution in [3.8, 4) is 11.4 Å². The van der Waals surface area contributed by atoms with Crippen LogP contribution < -0.4 is 5.32 Å². The Hall–Kier alpha value is -2.65. The van der Waals surface area contributed by atoms with Gasteiger partial charge < -0.3 is 14.6 Å². The van der Waals surface area contributed by atoms with E-state index in [1.54, 1.807) is 6.92 Å². The van der Waals surface area contributed by atoms with Crippen molar-refractivity contribution in [2.24, 2.45) is 7.05 Å². The molecule has 3 aromatic rings. The molecule has 9 heteroatoms. The summed E-state index contributed by atoms with van der Waals surface area (Å²) >= 11 is 2.72. The first-order chi connectivity index (χ1) is 14.8. The van der Waals surface area contributed by atoms with Crippen LogP contribution >= 0.6 is 23.1 Å². The third-order valence-corrected chi connectivity index (χ3v) is 7.11. The number of nitrogens with one attached hydrogen (secondary N) is 1. The lowest BCUT2D eigenvalue weighted by atomic mass is 10.1. The molecule has 0 spiro atoms. The number of ether oxygens (including phenoxy) is 1. The van der Waals surface area contributed by atoms with Gasteiger partial charge >= 0.3 is 5.97 Å². The second-order valence-corrected chi connectivity index (χ2v) is 9.05. The van der Waals surface area contributed by atoms with Crippen LogP contribution in [0.25, 0.3) is 11.4 Å². The number of hydrogen-bond donors (Lipinski definition) is 1. The number of thioether (sulfide) groups is 1. The number of carbonyl (C=O) groups excluding carboxylic acids is 2. The van der Waals surface area contributed by atoms with E-state index in [-0.39, 0.29) is 18.3 Å². The zero-order chi connectivity index (χ0) is 22.5. The Morgan fingerprint density at radius 1 is 1.23 bits per heavy atom. The van der Waals surface area contributed by atoms with E-state index in [4.69, 9.17) is 4.74 Å². The van der Waals surface area contributed by atoms with Crippen LogP contribution in [0.1, 0.15) is 40.2 Å². The molecule has 1 amide bonds. The predicted molar refractivity (Wildman–Crippen MR) is 125 cm³/mol. The minimum Gasteiger partial charge on any atom is -0.462 e. The molecule has 0 unspecified atom stereocenters. The molecule has 0 saturated heterocycles. The lowest BCUT2D eigenvalue weighted by Gasteiger charge is -2.07. The van der Waals surface area contributed by atoms with Crippen molar-refractivity contribution in [1.82, 2.24) is 14.8 Å². The zero-order valence-electron chi connectivity index (χ0n) is 18.3. The summed E-state index contributed by atoms with van der Waals surface area (Å²) < 4.78 is 7.05. The molecule has 0 atom stereocenters. The van der Waals surface area contributed by atoms with Gasteiger partial charge in [-0.05, 0) is 38.8 Å². The van der Waals surface area contributed by atoms with Crippen molar-refractivity contribution in [3.05, 3.63) is 45.8 Å². The highest BCUT2D eigenvalue weighted by Gasteiger charge is 2.23. The third kappa shape index (κ3) is 5.16. The third-order valence-electron chi connectivity index (χ3n) is 4.74. The first-order valence-corrected chi connectivity index (χ1v) is 11.8. The second kappa shape index (κ2) is 10.1. The van der Waals surface area contributed by atoms with Gasteiger partial charge in [0, 0.05) is 17.5 Å². The van der Waals surface area contributed by atoms with Crippen LogP contribution in [-0.2, 0) is 23.0 Å². The molecule has 31 heavy (non-hydrogen) atoms. The topological polar surface area (TPSA) is 86.1 Å². The fourth-order valence-corrected chi connectivity index (χ4v) is 5.06. The van der Waals surface area contributed by atoms with Crippen LogP contribution in [0, 0.1) is 13.8 Å². The quantitative estimate of drug-likeness (QED) is 0.391. The number of rotatable bonds is 8. The number of aromatic nitrogens is 3. The van der Waals surface area contributed by atoms with E-state index in [1.165, 1.54) is 23.1 Å². The van der Waals surface area contributed by atoms with E-state index in [1.807, 2.05) is 56.7 Å². The van der Waals surface area contributed by atoms with Crippen molar-refractivity contribution < 1.29 is 14.3 Å². The number of anilines is 1. The van der Waals surface area contributed by atoms with E-state index in [0.29, 0.717) is 15.7 Å². The van der Waals surface area contributed by atoms with Crippen LogP contribution in [0.3, 0.4) is 0 Å². The summed E-state index contributed by atoms with van der Waals surface area (Å²) in [6.45, 7) is 7.99. The molecule has 0 saturated carbocycles. The van der Waals surface area contributed by atoms with Gasteiger partial charge in [-0.2, -0.15) is 0 Å². The van der Waals surface area contributed by atoms with Gasteiger partial charge in [-0.3, -0.25) is 4.79 Å². The minimum absolute atomic E-state index is 0.153. The van der Waals surface area contributed by atoms with Gasteiger partial charge in [0.2, 0.25) is 5.91 Å². The molecule has 1 aromatic carbocycles. The fraction of sp³-hybridized carbons (Fsp3) is 0.364. The molecule has 1 N–H and O–H groups in total. The first kappa shape index (κ1) is 23.0. The van der Waals surface area contributed by atoms with E-state index in [9.17, 15) is 9.59 Å². The maximum absolute atomic E-state index is 12.6. The summed E-state index contributed by atoms with van der Waals surface area (Å²) in [5.74, 6) is 0.285. The molecule has 0 aliphatic carbocycles. The first-order valence-electron chi connectivity index (χ1n) is 10.0. The number of esters is 1. The van der Waals surface area contributed by atoms with Crippen molar-refractivity contribution in [3.63, 3.8) is 0 Å². The summed E-state index contributed by atoms with van der Waals surface area (Å²) in [5, 5.41) is 12.6. The molecule has 7 nitrogen and oxygen atoms in total. The van der Waals surface area contributed by atoms with E-state index in [0.717, 1.165) is 33.8 Å². The summed E-state index contributed by atoms with van der Waals surface area (Å²) in [4.78, 5) is 26.1. The van der Waals surface area contributed by atoms with Gasteiger partial charge in [0.05, 0.1) is 17.9 Å². The fourth-order valence-electron chi connectivity index (χ4n) is 3.20. The molecule has 2 aromatic heterocycles. The van der Waals surface area contributed by atoms with Crippen LogP contribution in [0.4, 0.5) is 5.00 Å². The highest BCUT2D eigenvalue weighted by Crippen LogP contribution is 2.34. The molecule has 0 radical (unpaired) electrons. The van der Waals surface area contributed by atoms with Crippen molar-refractivity contribution in [1.29, 1.82) is 0 Å². The molecule has 164 valence electrons. The van der Waals surface area contributed by atoms with Crippen LogP contribution in [0.5, 0.6) is 0 Å². The number of nitrogens with zero attached hydrogens (tertiary/aromatic N) is 3. The number of carbonyl (C=O) groups is 2. The van der Waals surface area contributed by atoms with E-state index < -0.39 is 5.97 Å². The van der Waals surface area contributed by atoms with Gasteiger partial charge in [0.15, 0.2) is 11.0 Å². The average Bonchev–Trinajstić information content (AvgIpc) is 3.25. The number of amides is 1. The lowest BCUT2D eigenvalue weighted by molar-refractivity contribution is -0.113. The Morgan fingerprint density at radius 2 is 2.00 bits per heavy atom. The number of hydrogen-bond acceptors (Lipinski definition) is 7. The Labute approximate surface area is 190 Å². The number of thiophene rings is 1. The van der Waals surface area contributed by atoms with Crippen LogP contribution in [0.15, 0.2) is 29.4 Å². The number of benzene rings is 1. The molecule has 0 aliphatic rings. The van der Waals surface area contributed by atoms with Crippen LogP contribution in [-0.4, -0.2) is 39.0 Å². The Bertz CT molecular complexity index is 1100. The van der Waals surface area contributed by atoms with Gasteiger partial charge in [0.25, 0.3) is 0 Å². The normalized spacial score (nSPS) is 10.9. The van der Waals surface area contributed by atoms with Gasteiger partial charge in [-0.25, -0.2) is 4.79 Å². The lowest BCUT2D eigenvalue weighted by Crippen LogP contribution is -2.16. The van der Waals surface area contributed by atoms with E-state index >= 15 is 0 Å². The molecule has 0 fully saturated rings. The smallest absolute Gasteiger partial charge is 0.341 e. The maximum Gasteiger partial charge on any atom is 0.341 e. The minimum atomic E-state index is -0.407. The van der Waals surface area contributed by atoms with Gasteiger partial charge in [0.1, 0.15) is 5.00 Å². The Morgan fingerprint density at radius 3 is 2.68 bits per heavy atom. The Kier molecular flexibility index (Phi) is 7.50. The highest BCUT2D eigenvalue weighted by atomic mass is 32.2. The monoisotopic (exact) mass is 458 g/mol. The predicted octanol–water partition coefficient (Wildman–Crippen LogP) is 4.63. The summed E-state index contributed by atoms with van der Waals surface area (Å²) in [7, 11) is 1.88. The molecule has 0 aliphatic heterocycles. The van der Waals surface area contributed by atoms with Gasteiger partial charge in [-0.15, -0.1) is 21.5 Å². The summed E-state index contributed by atoms with van der Waals surface area (Å²) in [6.07, 6.45) is 0.786. The van der Waals surface area contributed by atoms with Gasteiger partial charge in [-0.1, -0.05) is 42.4 Å². The molecule has 2 heterocycles. The second-order valence-electron chi connectivity index (χ2n) is 7.00. The Balaban J connectivity index is 1.71. The molecular formula is C22H26N4O3S2. The SMILES string of the molecule is CCOC(=O)c1c(NC(=O)CSc2nnc(-c3cccc(C)c3)n2C)sc(CC)c1C. The summed E-state index contributed by atoms with van der Waals surface area (Å²) in [5.41, 5.74) is 3.43.